The first kappa shape index (κ1) is 64.6. The lowest BCUT2D eigenvalue weighted by molar-refractivity contribution is -0.342. The molecule has 4 aliphatic rings. The van der Waals surface area contributed by atoms with Crippen LogP contribution in [0, 0.1) is 11.8 Å². The van der Waals surface area contributed by atoms with Crippen molar-refractivity contribution in [1.82, 2.24) is 0 Å². The van der Waals surface area contributed by atoms with Crippen molar-refractivity contribution < 1.29 is 114 Å². The second kappa shape index (κ2) is 28.7. The molecule has 0 N–H and O–H groups in total. The maximum absolute atomic E-state index is 14.7. The van der Waals surface area contributed by atoms with Gasteiger partial charge in [0.2, 0.25) is 12.6 Å². The van der Waals surface area contributed by atoms with Gasteiger partial charge in [-0.25, -0.2) is 33.6 Å². The van der Waals surface area contributed by atoms with Crippen LogP contribution in [-0.4, -0.2) is 152 Å². The molecule has 0 amide bonds. The van der Waals surface area contributed by atoms with Crippen molar-refractivity contribution in [2.24, 2.45) is 11.8 Å². The highest BCUT2D eigenvalue weighted by Crippen LogP contribution is 2.61. The Labute approximate surface area is 537 Å². The van der Waals surface area contributed by atoms with Gasteiger partial charge in [-0.1, -0.05) is 0 Å². The van der Waals surface area contributed by atoms with Crippen molar-refractivity contribution >= 4 is 41.8 Å². The van der Waals surface area contributed by atoms with Crippen LogP contribution in [0.25, 0.3) is 0 Å². The number of epoxide rings is 1. The first-order valence-electron chi connectivity index (χ1n) is 29.3. The van der Waals surface area contributed by atoms with Crippen LogP contribution in [0.2, 0.25) is 0 Å². The van der Waals surface area contributed by atoms with Crippen LogP contribution in [0.1, 0.15) is 72.5 Å². The molecule has 486 valence electrons. The molecule has 0 radical (unpaired) electrons. The number of hydrogen-bond acceptors (Lipinski definition) is 24. The van der Waals surface area contributed by atoms with Crippen molar-refractivity contribution in [2.45, 2.75) is 54.8 Å². The van der Waals surface area contributed by atoms with Gasteiger partial charge in [-0.15, -0.1) is 0 Å². The summed E-state index contributed by atoms with van der Waals surface area (Å²) in [6, 6.07) is 41.7. The SMILES string of the molecule is COc1ccc(C(=O)OC[C@H]2O[C@@H](O[C@@H]3OC=C[C@H]4[C@H](OC(=O)c5ccc(OC(=O)c6ccc(OC)cc6)cc5)[C@@H]5O[C@]5(COC(=O)c5ccc(OC)cc5)[C@@H]34)[C@H](OC(=O)c3ccc(OC)cc3)[C@@H](OC(=O)c3ccc(OC)cc3)[C@@H]2OC(=O)c2ccc(OC)cc2)cc1. The van der Waals surface area contributed by atoms with Crippen LogP contribution in [0.3, 0.4) is 0 Å². The predicted molar refractivity (Wildman–Crippen MR) is 325 cm³/mol. The Kier molecular flexibility index (Phi) is 19.7. The average Bonchev–Trinajstić information content (AvgIpc) is 1.51. The maximum atomic E-state index is 14.7. The van der Waals surface area contributed by atoms with Crippen LogP contribution >= 0.6 is 0 Å². The van der Waals surface area contributed by atoms with E-state index >= 15 is 0 Å². The van der Waals surface area contributed by atoms with Crippen LogP contribution in [0.15, 0.2) is 182 Å². The molecule has 11 rings (SSSR count). The average molecular weight is 1290 g/mol. The van der Waals surface area contributed by atoms with E-state index in [2.05, 4.69) is 0 Å². The standard InChI is InChI=1S/C70H62O24/c1-78-46-21-7-39(8-22-46)61(71)85-37-54-57(90-65(75)42-13-27-49(81-4)28-14-42)58(91-66(76)43-15-29-50(82-5)30-16-43)59(92-67(77)44-17-31-51(83-6)32-18-44)69(88-54)93-68-55-53(35-36-84-68)56(60-70(55,94-60)38-86-62(72)40-9-23-47(79-2)24-10-40)89-64(74)45-19-33-52(34-20-45)87-63(73)41-11-25-48(80-3)26-12-41/h7-36,53-60,68-69H,37-38H2,1-6H3/t53-,54-,55-,56+,57-,58+,59-,60+,68+,69+,70-/m1/s1. The first-order valence-corrected chi connectivity index (χ1v) is 29.3. The fourth-order valence-corrected chi connectivity index (χ4v) is 11.1. The predicted octanol–water partition coefficient (Wildman–Crippen LogP) is 8.87. The third kappa shape index (κ3) is 14.2. The third-order valence-electron chi connectivity index (χ3n) is 16.1. The number of benzene rings is 7. The molecule has 1 saturated carbocycles. The van der Waals surface area contributed by atoms with Crippen molar-refractivity contribution in [1.29, 1.82) is 0 Å². The minimum Gasteiger partial charge on any atom is -0.497 e. The van der Waals surface area contributed by atoms with Gasteiger partial charge in [-0.3, -0.25) is 0 Å². The van der Waals surface area contributed by atoms with Gasteiger partial charge in [0.15, 0.2) is 18.3 Å². The summed E-state index contributed by atoms with van der Waals surface area (Å²) < 4.78 is 101. The van der Waals surface area contributed by atoms with Crippen LogP contribution in [0.4, 0.5) is 0 Å². The molecule has 94 heavy (non-hydrogen) atoms. The highest BCUT2D eigenvalue weighted by Gasteiger charge is 2.78. The van der Waals surface area contributed by atoms with Gasteiger partial charge in [0.1, 0.15) is 77.4 Å². The van der Waals surface area contributed by atoms with Crippen molar-refractivity contribution in [3.63, 3.8) is 0 Å². The molecule has 1 aliphatic carbocycles. The molecule has 0 bridgehead atoms. The number of carbonyl (C=O) groups is 7. The Balaban J connectivity index is 0.960. The smallest absolute Gasteiger partial charge is 0.343 e. The molecule has 7 aromatic carbocycles. The van der Waals surface area contributed by atoms with Gasteiger partial charge in [-0.2, -0.15) is 0 Å². The Morgan fingerprint density at radius 3 is 1.12 bits per heavy atom. The lowest BCUT2D eigenvalue weighted by Gasteiger charge is -2.46. The zero-order valence-electron chi connectivity index (χ0n) is 51.3. The lowest BCUT2D eigenvalue weighted by atomic mass is 9.85. The molecular weight excluding hydrogens is 1220 g/mol. The van der Waals surface area contributed by atoms with E-state index in [-0.39, 0.29) is 44.7 Å². The summed E-state index contributed by atoms with van der Waals surface area (Å²) in [7, 11) is 8.75. The van der Waals surface area contributed by atoms with E-state index in [4.69, 9.17) is 80.5 Å². The van der Waals surface area contributed by atoms with Crippen LogP contribution < -0.4 is 33.2 Å². The lowest BCUT2D eigenvalue weighted by Crippen LogP contribution is -2.64. The van der Waals surface area contributed by atoms with Gasteiger partial charge in [0.25, 0.3) is 0 Å². The minimum atomic E-state index is -1.94. The molecule has 2 saturated heterocycles. The first-order chi connectivity index (χ1) is 45.6. The molecule has 24 heteroatoms. The number of ether oxygens (including phenoxy) is 17. The summed E-state index contributed by atoms with van der Waals surface area (Å²) in [5.74, 6) is -5.30. The molecule has 7 aromatic rings. The van der Waals surface area contributed by atoms with Gasteiger partial charge < -0.3 is 80.5 Å². The summed E-state index contributed by atoms with van der Waals surface area (Å²) in [6.07, 6.45) is -10.1. The molecule has 0 unspecified atom stereocenters. The summed E-state index contributed by atoms with van der Waals surface area (Å²) in [6.45, 7) is -1.21. The van der Waals surface area contributed by atoms with Crippen molar-refractivity contribution in [2.75, 3.05) is 55.9 Å². The second-order valence-corrected chi connectivity index (χ2v) is 21.5. The van der Waals surface area contributed by atoms with E-state index in [0.717, 1.165) is 0 Å². The summed E-state index contributed by atoms with van der Waals surface area (Å²) in [5, 5.41) is 0. The van der Waals surface area contributed by atoms with E-state index in [9.17, 15) is 33.6 Å². The molecule has 3 heterocycles. The van der Waals surface area contributed by atoms with E-state index < -0.39 is 122 Å². The highest BCUT2D eigenvalue weighted by molar-refractivity contribution is 5.94. The number of rotatable bonds is 24. The zero-order chi connectivity index (χ0) is 66.0. The topological polar surface area (TPSA) is 280 Å². The Morgan fingerprint density at radius 2 is 0.713 bits per heavy atom. The summed E-state index contributed by atoms with van der Waals surface area (Å²) in [5.41, 5.74) is -1.08. The number of carbonyl (C=O) groups excluding carboxylic acids is 7. The Bertz CT molecular complexity index is 3870. The number of hydrogen-bond donors (Lipinski definition) is 0. The van der Waals surface area contributed by atoms with E-state index in [0.29, 0.717) is 34.5 Å². The Morgan fingerprint density at radius 1 is 0.372 bits per heavy atom. The largest absolute Gasteiger partial charge is 0.497 e. The Hall–Kier alpha value is -11.0. The number of fused-ring (bicyclic) bond motifs is 3. The minimum absolute atomic E-state index is 0.00894. The summed E-state index contributed by atoms with van der Waals surface area (Å²) in [4.78, 5) is 99.2. The monoisotopic (exact) mass is 1290 g/mol. The van der Waals surface area contributed by atoms with Gasteiger partial charge in [0.05, 0.1) is 93.8 Å². The molecule has 0 spiro atoms. The quantitative estimate of drug-likeness (QED) is 0.0236. The van der Waals surface area contributed by atoms with Gasteiger partial charge >= 0.3 is 41.8 Å². The molecule has 0 aromatic heterocycles. The number of esters is 7. The van der Waals surface area contributed by atoms with Gasteiger partial charge in [0, 0.05) is 5.92 Å². The van der Waals surface area contributed by atoms with Crippen molar-refractivity contribution in [3.8, 4) is 40.2 Å². The van der Waals surface area contributed by atoms with Crippen molar-refractivity contribution in [3.05, 3.63) is 221 Å². The highest BCUT2D eigenvalue weighted by atomic mass is 16.8. The van der Waals surface area contributed by atoms with E-state index in [1.165, 1.54) is 182 Å². The normalized spacial score (nSPS) is 22.8. The zero-order valence-corrected chi connectivity index (χ0v) is 51.3. The number of methoxy groups -OCH3 is 6. The van der Waals surface area contributed by atoms with Gasteiger partial charge in [-0.05, 0) is 176 Å². The fraction of sp³-hybridized carbons (Fsp3) is 0.271. The third-order valence-corrected chi connectivity index (χ3v) is 16.1. The molecule has 3 fully saturated rings. The second-order valence-electron chi connectivity index (χ2n) is 21.5. The molecule has 11 atom stereocenters. The summed E-state index contributed by atoms with van der Waals surface area (Å²) >= 11 is 0. The molecular formula is C70H62O24. The van der Waals surface area contributed by atoms with Crippen LogP contribution in [-0.2, 0) is 47.4 Å². The van der Waals surface area contributed by atoms with Crippen LogP contribution in [0.5, 0.6) is 40.2 Å². The molecule has 3 aliphatic heterocycles. The molecule has 24 nitrogen and oxygen atoms in total. The maximum Gasteiger partial charge on any atom is 0.343 e. The van der Waals surface area contributed by atoms with E-state index in [1.54, 1.807) is 42.5 Å². The fourth-order valence-electron chi connectivity index (χ4n) is 11.1. The van der Waals surface area contributed by atoms with E-state index in [1.807, 2.05) is 0 Å².